The van der Waals surface area contributed by atoms with Gasteiger partial charge in [-0.1, -0.05) is 57.5 Å². The molecule has 1 N–H and O–H groups in total. The molecule has 1 aromatic carbocycles. The highest BCUT2D eigenvalue weighted by Gasteiger charge is 1.96. The first-order chi connectivity index (χ1) is 7.68. The molecule has 0 spiro atoms. The number of rotatable bonds is 3. The maximum absolute atomic E-state index is 7.00. The van der Waals surface area contributed by atoms with Crippen LogP contribution in [0.2, 0.25) is 0 Å². The summed E-state index contributed by atoms with van der Waals surface area (Å²) in [4.78, 5) is 0. The fourth-order valence-electron chi connectivity index (χ4n) is 1.32. The fourth-order valence-corrected chi connectivity index (χ4v) is 1.32. The molecule has 0 aliphatic carbocycles. The Morgan fingerprint density at radius 3 is 2.12 bits per heavy atom. The van der Waals surface area contributed by atoms with Gasteiger partial charge in [-0.15, -0.1) is 0 Å². The highest BCUT2D eigenvalue weighted by Crippen LogP contribution is 2.10. The molecule has 0 amide bonds. The van der Waals surface area contributed by atoms with Gasteiger partial charge in [0.25, 0.3) is 0 Å². The van der Waals surface area contributed by atoms with E-state index in [9.17, 15) is 0 Å². The zero-order valence-electron chi connectivity index (χ0n) is 11.7. The average Bonchev–Trinajstić information content (AvgIpc) is 2.32. The number of hydrogen-bond acceptors (Lipinski definition) is 1. The van der Waals surface area contributed by atoms with Crippen LogP contribution in [-0.4, -0.2) is 12.2 Å². The molecule has 94 valence electrons. The molecule has 0 fully saturated rings. The molecule has 1 aromatic rings. The lowest BCUT2D eigenvalue weighted by molar-refractivity contribution is 0.399. The SMILES string of the molecule is CC.CO.Cc1cccc(CCC(C)C)c1. The lowest BCUT2D eigenvalue weighted by atomic mass is 10.0. The first-order valence-corrected chi connectivity index (χ1v) is 6.19. The number of benzene rings is 1. The molecule has 0 aliphatic rings. The van der Waals surface area contributed by atoms with Crippen molar-refractivity contribution in [1.82, 2.24) is 0 Å². The van der Waals surface area contributed by atoms with Gasteiger partial charge in [-0.2, -0.15) is 0 Å². The minimum Gasteiger partial charge on any atom is -0.400 e. The van der Waals surface area contributed by atoms with Gasteiger partial charge in [0.05, 0.1) is 0 Å². The zero-order valence-corrected chi connectivity index (χ0v) is 11.7. The van der Waals surface area contributed by atoms with Crippen molar-refractivity contribution in [1.29, 1.82) is 0 Å². The van der Waals surface area contributed by atoms with Crippen LogP contribution in [-0.2, 0) is 6.42 Å². The van der Waals surface area contributed by atoms with E-state index in [1.165, 1.54) is 24.0 Å². The molecule has 0 bridgehead atoms. The summed E-state index contributed by atoms with van der Waals surface area (Å²) in [6.45, 7) is 10.7. The monoisotopic (exact) mass is 224 g/mol. The van der Waals surface area contributed by atoms with Crippen molar-refractivity contribution in [3.8, 4) is 0 Å². The molecule has 1 nitrogen and oxygen atoms in total. The number of aryl methyl sites for hydroxylation is 2. The Morgan fingerprint density at radius 2 is 1.69 bits per heavy atom. The Kier molecular flexibility index (Phi) is 13.5. The van der Waals surface area contributed by atoms with Gasteiger partial charge in [-0.05, 0) is 31.2 Å². The predicted molar refractivity (Wildman–Crippen MR) is 73.8 cm³/mol. The maximum Gasteiger partial charge on any atom is 0.0319 e. The summed E-state index contributed by atoms with van der Waals surface area (Å²) in [5, 5.41) is 7.00. The zero-order chi connectivity index (χ0) is 13.0. The second-order valence-electron chi connectivity index (χ2n) is 3.92. The van der Waals surface area contributed by atoms with Gasteiger partial charge in [0, 0.05) is 7.11 Å². The summed E-state index contributed by atoms with van der Waals surface area (Å²) in [5.41, 5.74) is 2.85. The van der Waals surface area contributed by atoms with Crippen LogP contribution in [0.3, 0.4) is 0 Å². The van der Waals surface area contributed by atoms with E-state index in [-0.39, 0.29) is 0 Å². The Hall–Kier alpha value is -0.820. The first-order valence-electron chi connectivity index (χ1n) is 6.19. The Balaban J connectivity index is 0. The molecule has 1 heteroatoms. The minimum absolute atomic E-state index is 0.811. The van der Waals surface area contributed by atoms with Crippen LogP contribution in [0.15, 0.2) is 24.3 Å². The molecule has 0 atom stereocenters. The van der Waals surface area contributed by atoms with E-state index in [2.05, 4.69) is 45.0 Å². The van der Waals surface area contributed by atoms with E-state index in [0.29, 0.717) is 0 Å². The van der Waals surface area contributed by atoms with Gasteiger partial charge in [0.2, 0.25) is 0 Å². The van der Waals surface area contributed by atoms with Crippen molar-refractivity contribution >= 4 is 0 Å². The second kappa shape index (κ2) is 12.3. The molecule has 0 saturated heterocycles. The third-order valence-corrected chi connectivity index (χ3v) is 2.09. The molecule has 0 radical (unpaired) electrons. The normalized spacial score (nSPS) is 8.75. The highest BCUT2D eigenvalue weighted by molar-refractivity contribution is 5.22. The quantitative estimate of drug-likeness (QED) is 0.815. The molecule has 0 saturated carbocycles. The summed E-state index contributed by atoms with van der Waals surface area (Å²) >= 11 is 0. The molecule has 0 heterocycles. The van der Waals surface area contributed by atoms with Crippen LogP contribution in [0.5, 0.6) is 0 Å². The summed E-state index contributed by atoms with van der Waals surface area (Å²) < 4.78 is 0. The summed E-state index contributed by atoms with van der Waals surface area (Å²) in [6.07, 6.45) is 2.52. The van der Waals surface area contributed by atoms with E-state index in [1.807, 2.05) is 13.8 Å². The topological polar surface area (TPSA) is 20.2 Å². The van der Waals surface area contributed by atoms with E-state index in [1.54, 1.807) is 0 Å². The van der Waals surface area contributed by atoms with Crippen LogP contribution in [0.4, 0.5) is 0 Å². The van der Waals surface area contributed by atoms with Gasteiger partial charge in [-0.25, -0.2) is 0 Å². The third-order valence-electron chi connectivity index (χ3n) is 2.09. The van der Waals surface area contributed by atoms with Gasteiger partial charge in [0.15, 0.2) is 0 Å². The van der Waals surface area contributed by atoms with E-state index < -0.39 is 0 Å². The van der Waals surface area contributed by atoms with Gasteiger partial charge in [0.1, 0.15) is 0 Å². The van der Waals surface area contributed by atoms with Crippen molar-refractivity contribution < 1.29 is 5.11 Å². The number of hydrogen-bond donors (Lipinski definition) is 1. The van der Waals surface area contributed by atoms with Crippen molar-refractivity contribution in [3.63, 3.8) is 0 Å². The maximum atomic E-state index is 7.00. The van der Waals surface area contributed by atoms with Crippen molar-refractivity contribution in [3.05, 3.63) is 35.4 Å². The summed E-state index contributed by atoms with van der Waals surface area (Å²) in [6, 6.07) is 8.79. The van der Waals surface area contributed by atoms with Gasteiger partial charge in [-0.3, -0.25) is 0 Å². The molecule has 0 aromatic heterocycles. The van der Waals surface area contributed by atoms with Crippen LogP contribution in [0.25, 0.3) is 0 Å². The Morgan fingerprint density at radius 1 is 1.12 bits per heavy atom. The largest absolute Gasteiger partial charge is 0.400 e. The second-order valence-corrected chi connectivity index (χ2v) is 3.92. The first kappa shape index (κ1) is 17.6. The fraction of sp³-hybridized carbons (Fsp3) is 0.600. The molecule has 0 aliphatic heterocycles. The molecule has 1 rings (SSSR count). The molecule has 16 heavy (non-hydrogen) atoms. The number of aliphatic hydroxyl groups excluding tert-OH is 1. The van der Waals surface area contributed by atoms with Gasteiger partial charge < -0.3 is 5.11 Å². The summed E-state index contributed by atoms with van der Waals surface area (Å²) in [7, 11) is 1.00. The smallest absolute Gasteiger partial charge is 0.0319 e. The van der Waals surface area contributed by atoms with Crippen LogP contribution < -0.4 is 0 Å². The van der Waals surface area contributed by atoms with E-state index in [4.69, 9.17) is 5.11 Å². The molecule has 0 unspecified atom stereocenters. The lowest BCUT2D eigenvalue weighted by Crippen LogP contribution is -1.92. The minimum atomic E-state index is 0.811. The standard InChI is InChI=1S/C12H18.C2H6.CH4O/c1-10(2)7-8-12-6-4-5-11(3)9-12;2*1-2/h4-6,9-10H,7-8H2,1-3H3;1-2H3;2H,1H3. The highest BCUT2D eigenvalue weighted by atomic mass is 16.2. The molecular formula is C15H28O. The Bertz CT molecular complexity index is 241. The molecular weight excluding hydrogens is 196 g/mol. The van der Waals surface area contributed by atoms with Gasteiger partial charge >= 0.3 is 0 Å². The predicted octanol–water partition coefficient (Wildman–Crippen LogP) is 4.22. The van der Waals surface area contributed by atoms with E-state index in [0.717, 1.165) is 13.0 Å². The Labute approximate surface area is 102 Å². The third kappa shape index (κ3) is 9.72. The van der Waals surface area contributed by atoms with Crippen molar-refractivity contribution in [2.75, 3.05) is 7.11 Å². The van der Waals surface area contributed by atoms with Crippen LogP contribution in [0, 0.1) is 12.8 Å². The van der Waals surface area contributed by atoms with Crippen molar-refractivity contribution in [2.24, 2.45) is 5.92 Å². The average molecular weight is 224 g/mol. The summed E-state index contributed by atoms with van der Waals surface area (Å²) in [5.74, 6) is 0.811. The van der Waals surface area contributed by atoms with Crippen LogP contribution in [0.1, 0.15) is 45.2 Å². The van der Waals surface area contributed by atoms with Crippen LogP contribution >= 0.6 is 0 Å². The van der Waals surface area contributed by atoms with E-state index >= 15 is 0 Å². The number of aliphatic hydroxyl groups is 1. The van der Waals surface area contributed by atoms with Crippen molar-refractivity contribution in [2.45, 2.75) is 47.5 Å². The lowest BCUT2D eigenvalue weighted by Gasteiger charge is -2.04.